The van der Waals surface area contributed by atoms with Gasteiger partial charge < -0.3 is 37.0 Å². The van der Waals surface area contributed by atoms with Crippen LogP contribution >= 0.6 is 12.6 Å². The maximum absolute atomic E-state index is 12.9. The van der Waals surface area contributed by atoms with E-state index in [4.69, 9.17) is 5.73 Å². The van der Waals surface area contributed by atoms with Gasteiger partial charge in [0.1, 0.15) is 23.9 Å². The van der Waals surface area contributed by atoms with Crippen LogP contribution in [0.3, 0.4) is 0 Å². The highest BCUT2D eigenvalue weighted by Crippen LogP contribution is 2.12. The van der Waals surface area contributed by atoms with E-state index < -0.39 is 60.2 Å². The highest BCUT2D eigenvalue weighted by molar-refractivity contribution is 7.80. The number of benzene rings is 1. The first-order chi connectivity index (χ1) is 16.4. The van der Waals surface area contributed by atoms with Crippen molar-refractivity contribution in [1.29, 1.82) is 0 Å². The first kappa shape index (κ1) is 29.7. The highest BCUT2D eigenvalue weighted by Gasteiger charge is 2.32. The molecule has 0 saturated heterocycles. The molecule has 0 spiro atoms. The molecule has 5 unspecified atom stereocenters. The van der Waals surface area contributed by atoms with Gasteiger partial charge in [0.05, 0.1) is 12.5 Å². The third-order valence-electron chi connectivity index (χ3n) is 5.38. The van der Waals surface area contributed by atoms with Gasteiger partial charge >= 0.3 is 11.9 Å². The minimum absolute atomic E-state index is 0.0262. The number of amides is 3. The lowest BCUT2D eigenvalue weighted by atomic mass is 9.98. The summed E-state index contributed by atoms with van der Waals surface area (Å²) in [5.41, 5.74) is 6.39. The molecule has 0 saturated carbocycles. The summed E-state index contributed by atoms with van der Waals surface area (Å²) in [6.07, 6.45) is -0.307. The van der Waals surface area contributed by atoms with Crippen LogP contribution < -0.4 is 21.7 Å². The van der Waals surface area contributed by atoms with Crippen molar-refractivity contribution in [3.63, 3.8) is 0 Å². The predicted molar refractivity (Wildman–Crippen MR) is 129 cm³/mol. The van der Waals surface area contributed by atoms with Gasteiger partial charge in [0.2, 0.25) is 17.7 Å². The van der Waals surface area contributed by atoms with Gasteiger partial charge in [-0.25, -0.2) is 4.79 Å². The Morgan fingerprint density at radius 3 is 1.91 bits per heavy atom. The minimum Gasteiger partial charge on any atom is -0.508 e. The fourth-order valence-corrected chi connectivity index (χ4v) is 3.22. The summed E-state index contributed by atoms with van der Waals surface area (Å²) in [6, 6.07) is 0.538. The van der Waals surface area contributed by atoms with Crippen LogP contribution in [0.4, 0.5) is 0 Å². The fraction of sp³-hybridized carbons (Fsp3) is 0.500. The number of carbonyl (C=O) groups is 5. The van der Waals surface area contributed by atoms with E-state index in [-0.39, 0.29) is 23.8 Å². The number of aliphatic carboxylic acids is 2. The molecule has 0 aliphatic carbocycles. The Bertz CT molecular complexity index is 911. The summed E-state index contributed by atoms with van der Waals surface area (Å²) < 4.78 is 0. The van der Waals surface area contributed by atoms with E-state index >= 15 is 0 Å². The second-order valence-corrected chi connectivity index (χ2v) is 8.45. The first-order valence-electron chi connectivity index (χ1n) is 10.9. The lowest BCUT2D eigenvalue weighted by molar-refractivity contribution is -0.142. The second-order valence-electron chi connectivity index (χ2n) is 8.08. The number of phenolic OH excluding ortho intramolecular Hbond substituents is 1. The van der Waals surface area contributed by atoms with Gasteiger partial charge in [-0.05, 0) is 23.6 Å². The average Bonchev–Trinajstić information content (AvgIpc) is 2.81. The smallest absolute Gasteiger partial charge is 0.327 e. The number of carbonyl (C=O) groups excluding carboxylic acids is 3. The molecule has 35 heavy (non-hydrogen) atoms. The van der Waals surface area contributed by atoms with E-state index in [9.17, 15) is 39.3 Å². The number of carboxylic acid groups (broad SMARTS) is 2. The van der Waals surface area contributed by atoms with Crippen LogP contribution in [-0.2, 0) is 30.4 Å². The van der Waals surface area contributed by atoms with Crippen molar-refractivity contribution < 1.29 is 39.3 Å². The van der Waals surface area contributed by atoms with Gasteiger partial charge in [-0.1, -0.05) is 32.4 Å². The van der Waals surface area contributed by atoms with Crippen molar-refractivity contribution in [2.45, 2.75) is 57.3 Å². The number of nitrogens with one attached hydrogen (secondary N) is 3. The molecule has 194 valence electrons. The molecule has 12 nitrogen and oxygen atoms in total. The van der Waals surface area contributed by atoms with Crippen molar-refractivity contribution in [2.24, 2.45) is 11.7 Å². The van der Waals surface area contributed by atoms with E-state index in [0.717, 1.165) is 0 Å². The normalized spacial score (nSPS) is 15.1. The third kappa shape index (κ3) is 9.83. The number of rotatable bonds is 14. The Labute approximate surface area is 208 Å². The first-order valence-corrected chi connectivity index (χ1v) is 11.5. The maximum Gasteiger partial charge on any atom is 0.327 e. The molecular formula is C22H32N4O8S. The Morgan fingerprint density at radius 1 is 0.914 bits per heavy atom. The van der Waals surface area contributed by atoms with Crippen molar-refractivity contribution in [2.75, 3.05) is 5.75 Å². The zero-order valence-electron chi connectivity index (χ0n) is 19.4. The molecule has 0 radical (unpaired) electrons. The molecular weight excluding hydrogens is 480 g/mol. The summed E-state index contributed by atoms with van der Waals surface area (Å²) in [5, 5.41) is 34.9. The van der Waals surface area contributed by atoms with Crippen LogP contribution in [0.1, 0.15) is 32.3 Å². The number of aromatic hydroxyl groups is 1. The highest BCUT2D eigenvalue weighted by atomic mass is 32.1. The largest absolute Gasteiger partial charge is 0.508 e. The van der Waals surface area contributed by atoms with Gasteiger partial charge in [-0.2, -0.15) is 12.6 Å². The molecule has 8 N–H and O–H groups in total. The van der Waals surface area contributed by atoms with Gasteiger partial charge in [0.25, 0.3) is 0 Å². The van der Waals surface area contributed by atoms with Crippen molar-refractivity contribution in [3.8, 4) is 5.75 Å². The van der Waals surface area contributed by atoms with Gasteiger partial charge in [0.15, 0.2) is 0 Å². The average molecular weight is 513 g/mol. The topological polar surface area (TPSA) is 208 Å². The Hall–Kier alpha value is -3.32. The molecule has 0 aliphatic heterocycles. The molecule has 1 aromatic carbocycles. The monoisotopic (exact) mass is 512 g/mol. The van der Waals surface area contributed by atoms with Crippen LogP contribution in [0.25, 0.3) is 0 Å². The quantitative estimate of drug-likeness (QED) is 0.147. The van der Waals surface area contributed by atoms with Gasteiger partial charge in [0, 0.05) is 12.2 Å². The molecule has 1 rings (SSSR count). The Kier molecular flexibility index (Phi) is 12.0. The lowest BCUT2D eigenvalue weighted by Gasteiger charge is -2.25. The summed E-state index contributed by atoms with van der Waals surface area (Å²) >= 11 is 3.89. The van der Waals surface area contributed by atoms with Crippen molar-refractivity contribution >= 4 is 42.3 Å². The van der Waals surface area contributed by atoms with E-state index in [0.29, 0.717) is 12.0 Å². The third-order valence-corrected chi connectivity index (χ3v) is 5.74. The Balaban J connectivity index is 3.14. The molecule has 1 aromatic rings. The zero-order chi connectivity index (χ0) is 26.7. The van der Waals surface area contributed by atoms with E-state index in [1.807, 2.05) is 6.92 Å². The number of phenols is 1. The standard InChI is InChI=1S/C22H32N4O8S/c1-3-11(2)18(23)21(32)25-15(9-17(28)29)20(31)24-14(8-12-4-6-13(27)7-5-12)19(30)26-16(10-35)22(33)34/h4-7,11,14-16,18,27,35H,3,8-10,23H2,1-2H3,(H,24,31)(H,25,32)(H,26,30)(H,28,29)(H,33,34). The van der Waals surface area contributed by atoms with Crippen LogP contribution in [-0.4, -0.2) is 74.9 Å². The van der Waals surface area contributed by atoms with E-state index in [2.05, 4.69) is 28.6 Å². The van der Waals surface area contributed by atoms with Crippen LogP contribution in [0, 0.1) is 5.92 Å². The van der Waals surface area contributed by atoms with Crippen LogP contribution in [0.15, 0.2) is 24.3 Å². The SMILES string of the molecule is CCC(C)C(N)C(=O)NC(CC(=O)O)C(=O)NC(Cc1ccc(O)cc1)C(=O)NC(CS)C(=O)O. The van der Waals surface area contributed by atoms with Crippen molar-refractivity contribution in [3.05, 3.63) is 29.8 Å². The summed E-state index contributed by atoms with van der Waals surface area (Å²) in [7, 11) is 0. The number of hydrogen-bond donors (Lipinski definition) is 8. The molecule has 13 heteroatoms. The molecule has 3 amide bonds. The summed E-state index contributed by atoms with van der Waals surface area (Å²) in [6.45, 7) is 3.55. The molecule has 0 fully saturated rings. The molecule has 0 heterocycles. The van der Waals surface area contributed by atoms with E-state index in [1.54, 1.807) is 6.92 Å². The maximum atomic E-state index is 12.9. The van der Waals surface area contributed by atoms with Crippen LogP contribution in [0.5, 0.6) is 5.75 Å². The number of hydrogen-bond acceptors (Lipinski definition) is 8. The number of carboxylic acids is 2. The molecule has 0 bridgehead atoms. The lowest BCUT2D eigenvalue weighted by Crippen LogP contribution is -2.58. The fourth-order valence-electron chi connectivity index (χ4n) is 2.97. The zero-order valence-corrected chi connectivity index (χ0v) is 20.3. The van der Waals surface area contributed by atoms with Crippen LogP contribution in [0.2, 0.25) is 0 Å². The van der Waals surface area contributed by atoms with Gasteiger partial charge in [-0.15, -0.1) is 0 Å². The molecule has 5 atom stereocenters. The molecule has 0 aliphatic rings. The minimum atomic E-state index is -1.54. The van der Waals surface area contributed by atoms with Crippen molar-refractivity contribution in [1.82, 2.24) is 16.0 Å². The predicted octanol–water partition coefficient (Wildman–Crippen LogP) is -0.748. The molecule has 0 aromatic heterocycles. The number of nitrogens with two attached hydrogens (primary N) is 1. The van der Waals surface area contributed by atoms with E-state index in [1.165, 1.54) is 24.3 Å². The van der Waals surface area contributed by atoms with Gasteiger partial charge in [-0.3, -0.25) is 19.2 Å². The Morgan fingerprint density at radius 2 is 1.43 bits per heavy atom. The summed E-state index contributed by atoms with van der Waals surface area (Å²) in [5.74, 6) is -5.72. The second kappa shape index (κ2) is 14.2. The summed E-state index contributed by atoms with van der Waals surface area (Å²) in [4.78, 5) is 60.8. The number of thiol groups is 1.